The average molecular weight is 292 g/mol. The van der Waals surface area contributed by atoms with Gasteiger partial charge in [-0.05, 0) is 32.2 Å². The number of aryl methyl sites for hydroxylation is 2. The lowest BCUT2D eigenvalue weighted by molar-refractivity contribution is 0.0948. The van der Waals surface area contributed by atoms with Gasteiger partial charge in [0.25, 0.3) is 5.91 Å². The minimum absolute atomic E-state index is 0.0320. The Bertz CT molecular complexity index is 593. The van der Waals surface area contributed by atoms with Gasteiger partial charge in [0.2, 0.25) is 0 Å². The highest BCUT2D eigenvalue weighted by Gasteiger charge is 2.11. The number of benzene rings is 1. The van der Waals surface area contributed by atoms with Crippen molar-refractivity contribution in [1.29, 1.82) is 0 Å². The third-order valence-electron chi connectivity index (χ3n) is 2.76. The second-order valence-corrected chi connectivity index (χ2v) is 6.26. The van der Waals surface area contributed by atoms with Crippen LogP contribution in [0.3, 0.4) is 0 Å². The van der Waals surface area contributed by atoms with Gasteiger partial charge in [-0.3, -0.25) is 4.79 Å². The molecule has 100 valence electrons. The molecule has 1 N–H and O–H groups in total. The zero-order valence-corrected chi connectivity index (χ0v) is 12.8. The van der Waals surface area contributed by atoms with E-state index in [-0.39, 0.29) is 5.91 Å². The molecule has 0 radical (unpaired) electrons. The molecule has 1 aromatic heterocycles. The van der Waals surface area contributed by atoms with E-state index in [4.69, 9.17) is 0 Å². The van der Waals surface area contributed by atoms with Crippen LogP contribution < -0.4 is 5.32 Å². The summed E-state index contributed by atoms with van der Waals surface area (Å²) >= 11 is 3.21. The highest BCUT2D eigenvalue weighted by molar-refractivity contribution is 7.98. The normalized spacial score (nSPS) is 10.5. The Kier molecular flexibility index (Phi) is 4.61. The number of thioether (sulfide) groups is 1. The first-order valence-electron chi connectivity index (χ1n) is 5.96. The summed E-state index contributed by atoms with van der Waals surface area (Å²) in [5.74, 6) is -0.0320. The Balaban J connectivity index is 2.07. The molecule has 1 amide bonds. The maximum atomic E-state index is 12.2. The fourth-order valence-electron chi connectivity index (χ4n) is 1.83. The number of hydrogen-bond acceptors (Lipinski definition) is 4. The number of hydrogen-bond donors (Lipinski definition) is 1. The summed E-state index contributed by atoms with van der Waals surface area (Å²) in [7, 11) is 0. The van der Waals surface area contributed by atoms with E-state index >= 15 is 0 Å². The number of rotatable bonds is 4. The summed E-state index contributed by atoms with van der Waals surface area (Å²) in [6.45, 7) is 4.49. The maximum Gasteiger partial charge on any atom is 0.252 e. The molecule has 3 nitrogen and oxygen atoms in total. The Morgan fingerprint density at radius 1 is 1.37 bits per heavy atom. The molecular weight excluding hydrogens is 276 g/mol. The molecule has 0 atom stereocenters. The second-order valence-electron chi connectivity index (χ2n) is 4.12. The molecule has 0 saturated heterocycles. The van der Waals surface area contributed by atoms with Crippen LogP contribution >= 0.6 is 23.1 Å². The smallest absolute Gasteiger partial charge is 0.252 e. The zero-order chi connectivity index (χ0) is 13.8. The highest BCUT2D eigenvalue weighted by Crippen LogP contribution is 2.20. The predicted octanol–water partition coefficient (Wildman–Crippen LogP) is 3.41. The van der Waals surface area contributed by atoms with Crippen LogP contribution in [0.5, 0.6) is 0 Å². The third-order valence-corrected chi connectivity index (χ3v) is 4.63. The van der Waals surface area contributed by atoms with Crippen molar-refractivity contribution in [2.24, 2.45) is 0 Å². The Labute approximate surface area is 121 Å². The van der Waals surface area contributed by atoms with Crippen molar-refractivity contribution < 1.29 is 4.79 Å². The summed E-state index contributed by atoms with van der Waals surface area (Å²) in [5.41, 5.74) is 1.73. The van der Waals surface area contributed by atoms with E-state index < -0.39 is 0 Å². The van der Waals surface area contributed by atoms with Gasteiger partial charge >= 0.3 is 0 Å². The molecule has 2 rings (SSSR count). The summed E-state index contributed by atoms with van der Waals surface area (Å²) in [6, 6.07) is 7.64. The molecule has 0 bridgehead atoms. The lowest BCUT2D eigenvalue weighted by Crippen LogP contribution is -2.23. The maximum absolute atomic E-state index is 12.2. The molecule has 0 fully saturated rings. The van der Waals surface area contributed by atoms with Crippen LogP contribution in [0.15, 0.2) is 29.2 Å². The molecule has 0 aliphatic carbocycles. The molecule has 2 aromatic rings. The second kappa shape index (κ2) is 6.21. The quantitative estimate of drug-likeness (QED) is 0.878. The molecular formula is C14H16N2OS2. The standard InChI is InChI=1S/C14H16N2OS2/c1-9-13(19-10(2)16-9)8-15-14(17)11-6-4-5-7-12(11)18-3/h4-7H,8H2,1-3H3,(H,15,17). The fraction of sp³-hybridized carbons (Fsp3) is 0.286. The van der Waals surface area contributed by atoms with E-state index in [1.807, 2.05) is 44.4 Å². The molecule has 1 heterocycles. The highest BCUT2D eigenvalue weighted by atomic mass is 32.2. The third kappa shape index (κ3) is 3.36. The predicted molar refractivity (Wildman–Crippen MR) is 81.0 cm³/mol. The van der Waals surface area contributed by atoms with E-state index in [0.717, 1.165) is 26.0 Å². The van der Waals surface area contributed by atoms with E-state index in [9.17, 15) is 4.79 Å². The molecule has 0 aliphatic rings. The fourth-order valence-corrected chi connectivity index (χ4v) is 3.30. The van der Waals surface area contributed by atoms with Crippen LogP contribution in [0.4, 0.5) is 0 Å². The number of carbonyl (C=O) groups excluding carboxylic acids is 1. The first-order chi connectivity index (χ1) is 9.11. The minimum atomic E-state index is -0.0320. The summed E-state index contributed by atoms with van der Waals surface area (Å²) in [4.78, 5) is 18.6. The van der Waals surface area contributed by atoms with Crippen molar-refractivity contribution >= 4 is 29.0 Å². The van der Waals surface area contributed by atoms with Gasteiger partial charge in [0, 0.05) is 9.77 Å². The van der Waals surface area contributed by atoms with Gasteiger partial charge in [0.15, 0.2) is 0 Å². The Morgan fingerprint density at radius 3 is 2.74 bits per heavy atom. The SMILES string of the molecule is CSc1ccccc1C(=O)NCc1sc(C)nc1C. The van der Waals surface area contributed by atoms with E-state index in [0.29, 0.717) is 6.54 Å². The number of nitrogens with zero attached hydrogens (tertiary/aromatic N) is 1. The molecule has 0 aliphatic heterocycles. The Morgan fingerprint density at radius 2 is 2.11 bits per heavy atom. The molecule has 5 heteroatoms. The van der Waals surface area contributed by atoms with Crippen LogP contribution in [-0.4, -0.2) is 17.1 Å². The largest absolute Gasteiger partial charge is 0.347 e. The van der Waals surface area contributed by atoms with Gasteiger partial charge in [-0.1, -0.05) is 12.1 Å². The van der Waals surface area contributed by atoms with Crippen molar-refractivity contribution in [3.8, 4) is 0 Å². The average Bonchev–Trinajstić information content (AvgIpc) is 2.74. The number of thiazole rings is 1. The van der Waals surface area contributed by atoms with E-state index in [1.165, 1.54) is 0 Å². The van der Waals surface area contributed by atoms with Crippen LogP contribution in [0.25, 0.3) is 0 Å². The van der Waals surface area contributed by atoms with Crippen molar-refractivity contribution in [2.75, 3.05) is 6.26 Å². The van der Waals surface area contributed by atoms with Gasteiger partial charge < -0.3 is 5.32 Å². The van der Waals surface area contributed by atoms with E-state index in [2.05, 4.69) is 10.3 Å². The van der Waals surface area contributed by atoms with E-state index in [1.54, 1.807) is 23.1 Å². The van der Waals surface area contributed by atoms with Crippen LogP contribution in [0, 0.1) is 13.8 Å². The first-order valence-corrected chi connectivity index (χ1v) is 8.00. The molecule has 19 heavy (non-hydrogen) atoms. The summed E-state index contributed by atoms with van der Waals surface area (Å²) in [5, 5.41) is 4.00. The zero-order valence-electron chi connectivity index (χ0n) is 11.2. The van der Waals surface area contributed by atoms with Crippen molar-refractivity contribution in [3.63, 3.8) is 0 Å². The van der Waals surface area contributed by atoms with Crippen LogP contribution in [0.1, 0.15) is 25.9 Å². The van der Waals surface area contributed by atoms with Gasteiger partial charge in [-0.25, -0.2) is 4.98 Å². The molecule has 0 unspecified atom stereocenters. The van der Waals surface area contributed by atoms with Gasteiger partial charge in [-0.15, -0.1) is 23.1 Å². The number of aromatic nitrogens is 1. The number of carbonyl (C=O) groups is 1. The van der Waals surface area contributed by atoms with Crippen molar-refractivity contribution in [1.82, 2.24) is 10.3 Å². The molecule has 1 aromatic carbocycles. The topological polar surface area (TPSA) is 42.0 Å². The summed E-state index contributed by atoms with van der Waals surface area (Å²) in [6.07, 6.45) is 1.98. The Hall–Kier alpha value is -1.33. The van der Waals surface area contributed by atoms with Crippen LogP contribution in [-0.2, 0) is 6.54 Å². The number of amides is 1. The van der Waals surface area contributed by atoms with Crippen molar-refractivity contribution in [2.45, 2.75) is 25.3 Å². The van der Waals surface area contributed by atoms with Gasteiger partial charge in [0.1, 0.15) is 0 Å². The van der Waals surface area contributed by atoms with Crippen molar-refractivity contribution in [3.05, 3.63) is 45.4 Å². The molecule has 0 spiro atoms. The lowest BCUT2D eigenvalue weighted by atomic mass is 10.2. The summed E-state index contributed by atoms with van der Waals surface area (Å²) < 4.78 is 0. The molecule has 0 saturated carbocycles. The monoisotopic (exact) mass is 292 g/mol. The van der Waals surface area contributed by atoms with Gasteiger partial charge in [0.05, 0.1) is 22.8 Å². The first kappa shape index (κ1) is 14.1. The minimum Gasteiger partial charge on any atom is -0.347 e. The van der Waals surface area contributed by atoms with Crippen LogP contribution in [0.2, 0.25) is 0 Å². The number of nitrogens with one attached hydrogen (secondary N) is 1. The van der Waals surface area contributed by atoms with Gasteiger partial charge in [-0.2, -0.15) is 0 Å². The lowest BCUT2D eigenvalue weighted by Gasteiger charge is -2.07.